The summed E-state index contributed by atoms with van der Waals surface area (Å²) in [5.41, 5.74) is 4.35. The Labute approximate surface area is 221 Å². The minimum Gasteiger partial charge on any atom is -0.493 e. The molecule has 1 heterocycles. The second-order valence-electron chi connectivity index (χ2n) is 9.72. The number of oxazole rings is 1. The van der Waals surface area contributed by atoms with Gasteiger partial charge in [0.15, 0.2) is 6.39 Å². The van der Waals surface area contributed by atoms with Gasteiger partial charge in [-0.15, -0.1) is 0 Å². The first kappa shape index (κ1) is 28.1. The van der Waals surface area contributed by atoms with Crippen LogP contribution in [0.4, 0.5) is 5.69 Å². The zero-order valence-electron chi connectivity index (χ0n) is 23.1. The lowest BCUT2D eigenvalue weighted by atomic mass is 9.97. The average Bonchev–Trinajstić information content (AvgIpc) is 3.37. The molecule has 200 valence electrons. The van der Waals surface area contributed by atoms with Crippen molar-refractivity contribution >= 4 is 11.6 Å². The van der Waals surface area contributed by atoms with Gasteiger partial charge in [0.25, 0.3) is 5.91 Å². The number of aromatic nitrogens is 1. The fourth-order valence-corrected chi connectivity index (χ4v) is 3.89. The van der Waals surface area contributed by atoms with Gasteiger partial charge in [0, 0.05) is 38.0 Å². The van der Waals surface area contributed by atoms with Gasteiger partial charge in [0.05, 0.1) is 13.2 Å². The highest BCUT2D eigenvalue weighted by Crippen LogP contribution is 2.40. The molecule has 0 spiro atoms. The van der Waals surface area contributed by atoms with Crippen molar-refractivity contribution in [3.05, 3.63) is 59.7 Å². The molecule has 1 aromatic heterocycles. The predicted molar refractivity (Wildman–Crippen MR) is 149 cm³/mol. The van der Waals surface area contributed by atoms with Gasteiger partial charge in [-0.2, -0.15) is 0 Å². The van der Waals surface area contributed by atoms with Crippen LogP contribution < -0.4 is 19.7 Å². The van der Waals surface area contributed by atoms with E-state index in [0.29, 0.717) is 31.2 Å². The van der Waals surface area contributed by atoms with Crippen LogP contribution in [0.25, 0.3) is 11.3 Å². The van der Waals surface area contributed by atoms with E-state index in [9.17, 15) is 4.79 Å². The summed E-state index contributed by atoms with van der Waals surface area (Å²) in [6, 6.07) is 12.0. The van der Waals surface area contributed by atoms with Crippen LogP contribution in [0.5, 0.6) is 11.5 Å². The van der Waals surface area contributed by atoms with Gasteiger partial charge >= 0.3 is 0 Å². The van der Waals surface area contributed by atoms with Crippen LogP contribution >= 0.6 is 0 Å². The number of hydrogen-bond donors (Lipinski definition) is 1. The number of benzene rings is 2. The first-order valence-corrected chi connectivity index (χ1v) is 13.3. The molecule has 0 aliphatic carbocycles. The molecule has 0 saturated carbocycles. The van der Waals surface area contributed by atoms with E-state index in [2.05, 4.69) is 38.0 Å². The highest BCUT2D eigenvalue weighted by atomic mass is 16.5. The summed E-state index contributed by atoms with van der Waals surface area (Å²) in [5, 5.41) is 2.96. The Morgan fingerprint density at radius 1 is 1.00 bits per heavy atom. The van der Waals surface area contributed by atoms with Crippen molar-refractivity contribution < 1.29 is 18.7 Å². The Morgan fingerprint density at radius 3 is 2.24 bits per heavy atom. The maximum absolute atomic E-state index is 13.2. The van der Waals surface area contributed by atoms with E-state index in [-0.39, 0.29) is 17.6 Å². The van der Waals surface area contributed by atoms with Crippen molar-refractivity contribution in [3.8, 4) is 22.8 Å². The molecule has 0 aliphatic rings. The Bertz CT molecular complexity index is 1140. The van der Waals surface area contributed by atoms with Crippen molar-refractivity contribution in [2.45, 2.75) is 65.8 Å². The first-order valence-electron chi connectivity index (χ1n) is 13.3. The minimum absolute atomic E-state index is 0.166. The number of carbonyl (C=O) groups is 1. The Kier molecular flexibility index (Phi) is 10.4. The second kappa shape index (κ2) is 13.7. The number of unbranched alkanes of at least 4 members (excludes halogenated alkanes) is 2. The highest BCUT2D eigenvalue weighted by molar-refractivity contribution is 5.98. The van der Waals surface area contributed by atoms with Gasteiger partial charge in [-0.25, -0.2) is 4.98 Å². The molecule has 0 fully saturated rings. The summed E-state index contributed by atoms with van der Waals surface area (Å²) < 4.78 is 17.9. The third-order valence-electron chi connectivity index (χ3n) is 6.18. The zero-order valence-corrected chi connectivity index (χ0v) is 23.1. The van der Waals surface area contributed by atoms with Crippen molar-refractivity contribution in [3.63, 3.8) is 0 Å². The number of nitrogens with one attached hydrogen (secondary N) is 1. The normalized spacial score (nSPS) is 11.0. The molecule has 1 N–H and O–H groups in total. The van der Waals surface area contributed by atoms with Gasteiger partial charge in [-0.1, -0.05) is 52.7 Å². The van der Waals surface area contributed by atoms with Gasteiger partial charge in [0.2, 0.25) is 5.76 Å². The average molecular weight is 508 g/mol. The molecule has 3 rings (SSSR count). The molecular formula is C30H41N3O4. The summed E-state index contributed by atoms with van der Waals surface area (Å²) in [5.74, 6) is 1.52. The predicted octanol–water partition coefficient (Wildman–Crippen LogP) is 6.82. The number of ether oxygens (including phenoxy) is 2. The van der Waals surface area contributed by atoms with Crippen molar-refractivity contribution in [1.82, 2.24) is 10.3 Å². The van der Waals surface area contributed by atoms with E-state index < -0.39 is 0 Å². The Morgan fingerprint density at radius 2 is 1.65 bits per heavy atom. The SMILES string of the molecule is CCCCOc1cc(OCCCC)c(C(C)C)cc1-c1ncoc1C(=O)NCc1ccc(N(C)C)cc1. The third-order valence-corrected chi connectivity index (χ3v) is 6.18. The van der Waals surface area contributed by atoms with Crippen molar-refractivity contribution in [2.24, 2.45) is 0 Å². The lowest BCUT2D eigenvalue weighted by Crippen LogP contribution is -2.23. The Hall–Kier alpha value is -3.48. The number of anilines is 1. The standard InChI is InChI=1S/C30H41N3O4/c1-7-9-15-35-26-18-27(36-16-10-8-2)25(17-24(26)21(3)4)28-29(37-20-32-28)30(34)31-19-22-11-13-23(14-12-22)33(5)6/h11-14,17-18,20-21H,7-10,15-16,19H2,1-6H3,(H,31,34). The molecule has 7 nitrogen and oxygen atoms in total. The van der Waals surface area contributed by atoms with E-state index >= 15 is 0 Å². The van der Waals surface area contributed by atoms with Crippen LogP contribution in [0.1, 0.15) is 81.0 Å². The van der Waals surface area contributed by atoms with Crippen LogP contribution in [0.15, 0.2) is 47.2 Å². The van der Waals surface area contributed by atoms with Crippen LogP contribution in [0.2, 0.25) is 0 Å². The molecule has 0 aliphatic heterocycles. The van der Waals surface area contributed by atoms with E-state index in [4.69, 9.17) is 13.9 Å². The summed E-state index contributed by atoms with van der Waals surface area (Å²) in [6.07, 6.45) is 5.30. The third kappa shape index (κ3) is 7.51. The fourth-order valence-electron chi connectivity index (χ4n) is 3.89. The topological polar surface area (TPSA) is 76.8 Å². The maximum atomic E-state index is 13.2. The van der Waals surface area contributed by atoms with Gasteiger partial charge < -0.3 is 24.1 Å². The van der Waals surface area contributed by atoms with Crippen LogP contribution in [-0.2, 0) is 6.54 Å². The maximum Gasteiger partial charge on any atom is 0.289 e. The molecule has 0 atom stereocenters. The quantitative estimate of drug-likeness (QED) is 0.241. The lowest BCUT2D eigenvalue weighted by molar-refractivity contribution is 0.0924. The van der Waals surface area contributed by atoms with Gasteiger partial charge in [-0.3, -0.25) is 4.79 Å². The number of nitrogens with zero attached hydrogens (tertiary/aromatic N) is 2. The molecule has 0 radical (unpaired) electrons. The van der Waals surface area contributed by atoms with Crippen molar-refractivity contribution in [2.75, 3.05) is 32.2 Å². The summed E-state index contributed by atoms with van der Waals surface area (Å²) >= 11 is 0. The highest BCUT2D eigenvalue weighted by Gasteiger charge is 2.24. The van der Waals surface area contributed by atoms with Crippen molar-refractivity contribution in [1.29, 1.82) is 0 Å². The molecule has 7 heteroatoms. The minimum atomic E-state index is -0.321. The Balaban J connectivity index is 1.89. The van der Waals surface area contributed by atoms with Gasteiger partial charge in [0.1, 0.15) is 17.2 Å². The molecule has 2 aromatic carbocycles. The molecule has 0 bridgehead atoms. The van der Waals surface area contributed by atoms with Crippen LogP contribution in [0.3, 0.4) is 0 Å². The molecule has 37 heavy (non-hydrogen) atoms. The number of rotatable bonds is 14. The van der Waals surface area contributed by atoms with E-state index in [1.807, 2.05) is 55.4 Å². The number of amides is 1. The summed E-state index contributed by atoms with van der Waals surface area (Å²) in [4.78, 5) is 19.6. The van der Waals surface area contributed by atoms with Gasteiger partial charge in [-0.05, 0) is 48.1 Å². The molecule has 0 unspecified atom stereocenters. The largest absolute Gasteiger partial charge is 0.493 e. The first-order chi connectivity index (χ1) is 17.8. The molecule has 0 saturated heterocycles. The van der Waals surface area contributed by atoms with E-state index in [1.165, 1.54) is 6.39 Å². The zero-order chi connectivity index (χ0) is 26.8. The van der Waals surface area contributed by atoms with Crippen LogP contribution in [-0.4, -0.2) is 38.2 Å². The molecular weight excluding hydrogens is 466 g/mol. The lowest BCUT2D eigenvalue weighted by Gasteiger charge is -2.19. The number of hydrogen-bond acceptors (Lipinski definition) is 6. The van der Waals surface area contributed by atoms with Crippen LogP contribution in [0, 0.1) is 0 Å². The van der Waals surface area contributed by atoms with E-state index in [1.54, 1.807) is 0 Å². The fraction of sp³-hybridized carbons (Fsp3) is 0.467. The summed E-state index contributed by atoms with van der Waals surface area (Å²) in [6.45, 7) is 10.1. The molecule has 1 amide bonds. The molecule has 3 aromatic rings. The monoisotopic (exact) mass is 507 g/mol. The van der Waals surface area contributed by atoms with E-state index in [0.717, 1.165) is 53.8 Å². The summed E-state index contributed by atoms with van der Waals surface area (Å²) in [7, 11) is 3.99. The second-order valence-corrected chi connectivity index (χ2v) is 9.72. The smallest absolute Gasteiger partial charge is 0.289 e. The number of carbonyl (C=O) groups excluding carboxylic acids is 1.